The smallest absolute Gasteiger partial charge is 0.334 e. The summed E-state index contributed by atoms with van der Waals surface area (Å²) in [5.41, 5.74) is -0.0135. The predicted octanol–water partition coefficient (Wildman–Crippen LogP) is 1.75. The minimum absolute atomic E-state index is 0.0135. The van der Waals surface area contributed by atoms with Gasteiger partial charge in [-0.15, -0.1) is 0 Å². The molecule has 0 heterocycles. The molecule has 0 saturated carbocycles. The van der Waals surface area contributed by atoms with Crippen LogP contribution in [0.4, 0.5) is 0 Å². The first kappa shape index (κ1) is 12.7. The van der Waals surface area contributed by atoms with Gasteiger partial charge in [0, 0.05) is 5.57 Å². The minimum atomic E-state index is -1.07. The number of rotatable bonds is 6. The fraction of sp³-hybridized carbons (Fsp3) is 0.600. The Morgan fingerprint density at radius 1 is 1.50 bits per heavy atom. The summed E-state index contributed by atoms with van der Waals surface area (Å²) in [6.45, 7) is 7.11. The third-order valence-corrected chi connectivity index (χ3v) is 1.66. The summed E-state index contributed by atoms with van der Waals surface area (Å²) < 4.78 is 4.95. The molecule has 1 atom stereocenters. The van der Waals surface area contributed by atoms with E-state index in [2.05, 4.69) is 6.58 Å². The van der Waals surface area contributed by atoms with Gasteiger partial charge in [0.1, 0.15) is 0 Å². The molecular formula is C10H16O4. The van der Waals surface area contributed by atoms with Gasteiger partial charge in [-0.25, -0.2) is 4.79 Å². The molecule has 0 aliphatic rings. The van der Waals surface area contributed by atoms with Crippen molar-refractivity contribution in [3.63, 3.8) is 0 Å². The van der Waals surface area contributed by atoms with Gasteiger partial charge in [-0.3, -0.25) is 4.79 Å². The van der Waals surface area contributed by atoms with Crippen molar-refractivity contribution in [1.29, 1.82) is 0 Å². The van der Waals surface area contributed by atoms with E-state index in [1.807, 2.05) is 6.92 Å². The fourth-order valence-corrected chi connectivity index (χ4v) is 0.986. The maximum absolute atomic E-state index is 11.2. The first-order chi connectivity index (χ1) is 6.47. The molecule has 0 rings (SSSR count). The highest BCUT2D eigenvalue weighted by molar-refractivity contribution is 5.92. The van der Waals surface area contributed by atoms with Crippen molar-refractivity contribution in [3.8, 4) is 0 Å². The first-order valence-corrected chi connectivity index (χ1v) is 4.58. The Kier molecular flexibility index (Phi) is 5.60. The zero-order valence-electron chi connectivity index (χ0n) is 8.58. The van der Waals surface area contributed by atoms with E-state index in [4.69, 9.17) is 9.84 Å². The van der Waals surface area contributed by atoms with E-state index < -0.39 is 11.9 Å². The van der Waals surface area contributed by atoms with Crippen LogP contribution in [0.2, 0.25) is 0 Å². The maximum atomic E-state index is 11.2. The molecule has 0 fully saturated rings. The molecule has 0 aromatic carbocycles. The van der Waals surface area contributed by atoms with E-state index >= 15 is 0 Å². The average Bonchev–Trinajstić information content (AvgIpc) is 2.02. The number of aliphatic carboxylic acids is 1. The van der Waals surface area contributed by atoms with Crippen LogP contribution in [0, 0.1) is 0 Å². The summed E-state index contributed by atoms with van der Waals surface area (Å²) in [7, 11) is 0. The second-order valence-corrected chi connectivity index (χ2v) is 3.18. The van der Waals surface area contributed by atoms with Crippen LogP contribution in [0.25, 0.3) is 0 Å². The molecule has 0 spiro atoms. The molecule has 1 unspecified atom stereocenters. The number of hydrogen-bond acceptors (Lipinski definition) is 3. The Bertz CT molecular complexity index is 232. The van der Waals surface area contributed by atoms with E-state index in [9.17, 15) is 9.59 Å². The number of ether oxygens (including phenoxy) is 1. The predicted molar refractivity (Wildman–Crippen MR) is 51.9 cm³/mol. The number of carboxylic acid groups (broad SMARTS) is 1. The van der Waals surface area contributed by atoms with Crippen LogP contribution in [0.15, 0.2) is 12.2 Å². The van der Waals surface area contributed by atoms with Crippen molar-refractivity contribution < 1.29 is 19.4 Å². The summed E-state index contributed by atoms with van der Waals surface area (Å²) >= 11 is 0. The normalized spacial score (nSPS) is 11.9. The minimum Gasteiger partial charge on any atom is -0.481 e. The van der Waals surface area contributed by atoms with Crippen LogP contribution in [-0.2, 0) is 14.3 Å². The molecule has 0 saturated heterocycles. The number of carbonyl (C=O) groups excluding carboxylic acids is 1. The van der Waals surface area contributed by atoms with Gasteiger partial charge in [0.05, 0.1) is 12.5 Å². The van der Waals surface area contributed by atoms with Crippen molar-refractivity contribution in [2.75, 3.05) is 0 Å². The standard InChI is InChI=1S/C10H16O4/c1-4-5-8(3)14-10(13)7(2)6-9(11)12/h8H,2,4-6H2,1,3H3,(H,11,12). The molecule has 14 heavy (non-hydrogen) atoms. The van der Waals surface area contributed by atoms with E-state index in [-0.39, 0.29) is 18.1 Å². The molecule has 0 aromatic heterocycles. The van der Waals surface area contributed by atoms with Crippen LogP contribution in [0.5, 0.6) is 0 Å². The van der Waals surface area contributed by atoms with Crippen molar-refractivity contribution in [2.45, 2.75) is 39.2 Å². The molecule has 0 radical (unpaired) electrons. The van der Waals surface area contributed by atoms with Crippen molar-refractivity contribution >= 4 is 11.9 Å². The zero-order valence-corrected chi connectivity index (χ0v) is 8.58. The molecule has 0 aromatic rings. The molecule has 0 bridgehead atoms. The van der Waals surface area contributed by atoms with Gasteiger partial charge in [0.15, 0.2) is 0 Å². The number of esters is 1. The summed E-state index contributed by atoms with van der Waals surface area (Å²) in [6.07, 6.45) is 1.14. The second-order valence-electron chi connectivity index (χ2n) is 3.18. The van der Waals surface area contributed by atoms with E-state index in [0.717, 1.165) is 12.8 Å². The highest BCUT2D eigenvalue weighted by atomic mass is 16.5. The van der Waals surface area contributed by atoms with Crippen LogP contribution < -0.4 is 0 Å². The SMILES string of the molecule is C=C(CC(=O)O)C(=O)OC(C)CCC. The topological polar surface area (TPSA) is 63.6 Å². The van der Waals surface area contributed by atoms with Crippen molar-refractivity contribution in [2.24, 2.45) is 0 Å². The van der Waals surface area contributed by atoms with Crippen LogP contribution >= 0.6 is 0 Å². The maximum Gasteiger partial charge on any atom is 0.334 e. The largest absolute Gasteiger partial charge is 0.481 e. The van der Waals surface area contributed by atoms with Gasteiger partial charge in [0.2, 0.25) is 0 Å². The molecular weight excluding hydrogens is 184 g/mol. The van der Waals surface area contributed by atoms with E-state index in [0.29, 0.717) is 0 Å². The zero-order chi connectivity index (χ0) is 11.1. The summed E-state index contributed by atoms with van der Waals surface area (Å²) in [6, 6.07) is 0. The summed E-state index contributed by atoms with van der Waals surface area (Å²) in [5, 5.41) is 8.40. The number of carbonyl (C=O) groups is 2. The first-order valence-electron chi connectivity index (χ1n) is 4.58. The Hall–Kier alpha value is -1.32. The summed E-state index contributed by atoms with van der Waals surface area (Å²) in [4.78, 5) is 21.4. The van der Waals surface area contributed by atoms with Gasteiger partial charge in [-0.05, 0) is 13.3 Å². The number of carboxylic acids is 1. The quantitative estimate of drug-likeness (QED) is 0.524. The van der Waals surface area contributed by atoms with Gasteiger partial charge >= 0.3 is 11.9 Å². The molecule has 80 valence electrons. The third-order valence-electron chi connectivity index (χ3n) is 1.66. The number of hydrogen-bond donors (Lipinski definition) is 1. The Labute approximate surface area is 83.6 Å². The lowest BCUT2D eigenvalue weighted by molar-refractivity contribution is -0.146. The third kappa shape index (κ3) is 5.35. The van der Waals surface area contributed by atoms with E-state index in [1.54, 1.807) is 6.92 Å². The van der Waals surface area contributed by atoms with Crippen molar-refractivity contribution in [3.05, 3.63) is 12.2 Å². The van der Waals surface area contributed by atoms with Gasteiger partial charge in [0.25, 0.3) is 0 Å². The molecule has 0 aliphatic heterocycles. The van der Waals surface area contributed by atoms with Crippen LogP contribution in [0.1, 0.15) is 33.1 Å². The monoisotopic (exact) mass is 200 g/mol. The van der Waals surface area contributed by atoms with Gasteiger partial charge in [-0.2, -0.15) is 0 Å². The highest BCUT2D eigenvalue weighted by Crippen LogP contribution is 2.07. The molecule has 0 amide bonds. The van der Waals surface area contributed by atoms with Crippen LogP contribution in [-0.4, -0.2) is 23.1 Å². The summed E-state index contributed by atoms with van der Waals surface area (Å²) in [5.74, 6) is -1.69. The molecule has 4 nitrogen and oxygen atoms in total. The Balaban J connectivity index is 3.95. The van der Waals surface area contributed by atoms with Crippen LogP contribution in [0.3, 0.4) is 0 Å². The average molecular weight is 200 g/mol. The van der Waals surface area contributed by atoms with Gasteiger partial charge < -0.3 is 9.84 Å². The molecule has 1 N–H and O–H groups in total. The highest BCUT2D eigenvalue weighted by Gasteiger charge is 2.14. The second kappa shape index (κ2) is 6.18. The molecule has 0 aliphatic carbocycles. The van der Waals surface area contributed by atoms with Crippen molar-refractivity contribution in [1.82, 2.24) is 0 Å². The fourth-order valence-electron chi connectivity index (χ4n) is 0.986. The lowest BCUT2D eigenvalue weighted by Crippen LogP contribution is -2.17. The Morgan fingerprint density at radius 2 is 2.07 bits per heavy atom. The Morgan fingerprint density at radius 3 is 2.50 bits per heavy atom. The lowest BCUT2D eigenvalue weighted by Gasteiger charge is -2.12. The lowest BCUT2D eigenvalue weighted by atomic mass is 10.2. The molecule has 4 heteroatoms. The van der Waals surface area contributed by atoms with E-state index in [1.165, 1.54) is 0 Å². The van der Waals surface area contributed by atoms with Gasteiger partial charge in [-0.1, -0.05) is 19.9 Å².